The van der Waals surface area contributed by atoms with Crippen LogP contribution in [0.5, 0.6) is 23.0 Å². The molecule has 0 amide bonds. The van der Waals surface area contributed by atoms with Gasteiger partial charge in [-0.1, -0.05) is 101 Å². The molecule has 9 heteroatoms. The summed E-state index contributed by atoms with van der Waals surface area (Å²) in [6.07, 6.45) is 25.4. The first-order valence-electron chi connectivity index (χ1n) is 20.4. The average molecular weight is 748 g/mol. The lowest BCUT2D eigenvalue weighted by Gasteiger charge is -2.18. The summed E-state index contributed by atoms with van der Waals surface area (Å²) in [5, 5.41) is 8.41. The second-order valence-electron chi connectivity index (χ2n) is 14.1. The van der Waals surface area contributed by atoms with E-state index in [0.717, 1.165) is 83.4 Å². The molecular formula is C45H69N3O6. The lowest BCUT2D eigenvalue weighted by molar-refractivity contribution is 0.0601. The molecule has 0 bridgehead atoms. The van der Waals surface area contributed by atoms with E-state index in [0.29, 0.717) is 38.8 Å². The van der Waals surface area contributed by atoms with E-state index in [9.17, 15) is 0 Å². The molecule has 1 atom stereocenters. The average Bonchev–Trinajstić information content (AvgIpc) is 3.64. The molecule has 0 aliphatic heterocycles. The lowest BCUT2D eigenvalue weighted by Crippen LogP contribution is -2.12. The molecular weight excluding hydrogens is 679 g/mol. The van der Waals surface area contributed by atoms with Crippen LogP contribution in [0.3, 0.4) is 0 Å². The fourth-order valence-corrected chi connectivity index (χ4v) is 6.41. The van der Waals surface area contributed by atoms with Gasteiger partial charge in [-0.15, -0.1) is 5.10 Å². The summed E-state index contributed by atoms with van der Waals surface area (Å²) >= 11 is 0. The number of nitrogens with zero attached hydrogens (tertiary/aromatic N) is 3. The zero-order valence-electron chi connectivity index (χ0n) is 34.5. The Morgan fingerprint density at radius 2 is 1.46 bits per heavy atom. The van der Waals surface area contributed by atoms with E-state index in [1.807, 2.05) is 23.9 Å². The van der Waals surface area contributed by atoms with E-state index < -0.39 is 0 Å². The molecule has 0 fully saturated rings. The zero-order chi connectivity index (χ0) is 38.8. The highest BCUT2D eigenvalue weighted by Gasteiger charge is 2.13. The van der Waals surface area contributed by atoms with Gasteiger partial charge in [-0.2, -0.15) is 0 Å². The van der Waals surface area contributed by atoms with Gasteiger partial charge in [0.15, 0.2) is 0 Å². The molecule has 1 unspecified atom stereocenters. The first-order chi connectivity index (χ1) is 26.5. The molecule has 0 spiro atoms. The van der Waals surface area contributed by atoms with E-state index >= 15 is 0 Å². The maximum Gasteiger partial charge on any atom is 0.127 e. The van der Waals surface area contributed by atoms with E-state index in [4.69, 9.17) is 28.4 Å². The summed E-state index contributed by atoms with van der Waals surface area (Å²) in [5.41, 5.74) is 5.07. The van der Waals surface area contributed by atoms with E-state index in [-0.39, 0.29) is 0 Å². The van der Waals surface area contributed by atoms with Crippen LogP contribution in [0, 0.1) is 12.8 Å². The third-order valence-electron chi connectivity index (χ3n) is 9.75. The highest BCUT2D eigenvalue weighted by molar-refractivity contribution is 5.64. The van der Waals surface area contributed by atoms with E-state index in [2.05, 4.69) is 73.6 Å². The maximum atomic E-state index is 6.38. The van der Waals surface area contributed by atoms with Crippen molar-refractivity contribution < 1.29 is 28.4 Å². The Balaban J connectivity index is 1.45. The van der Waals surface area contributed by atoms with Gasteiger partial charge in [-0.25, -0.2) is 0 Å². The normalized spacial score (nSPS) is 12.2. The molecule has 9 nitrogen and oxygen atoms in total. The van der Waals surface area contributed by atoms with Crippen LogP contribution in [0.2, 0.25) is 0 Å². The Hall–Kier alpha value is -3.82. The Kier molecular flexibility index (Phi) is 22.2. The first-order valence-corrected chi connectivity index (χ1v) is 20.4. The van der Waals surface area contributed by atoms with Crippen molar-refractivity contribution >= 4 is 12.2 Å². The van der Waals surface area contributed by atoms with Crippen molar-refractivity contribution in [2.75, 3.05) is 47.8 Å². The van der Waals surface area contributed by atoms with Gasteiger partial charge in [0.05, 0.1) is 53.5 Å². The number of rotatable bonds is 30. The molecule has 3 rings (SSSR count). The third-order valence-corrected chi connectivity index (χ3v) is 9.75. The van der Waals surface area contributed by atoms with E-state index in [1.54, 1.807) is 21.3 Å². The maximum absolute atomic E-state index is 6.38. The molecule has 0 aliphatic rings. The number of aromatic nitrogens is 3. The Bertz CT molecular complexity index is 1520. The fourth-order valence-electron chi connectivity index (χ4n) is 6.41. The largest absolute Gasteiger partial charge is 0.496 e. The number of hydrogen-bond donors (Lipinski definition) is 0. The van der Waals surface area contributed by atoms with Crippen molar-refractivity contribution in [1.29, 1.82) is 0 Å². The number of ether oxygens (including phenoxy) is 6. The van der Waals surface area contributed by atoms with Gasteiger partial charge in [0, 0.05) is 30.3 Å². The van der Waals surface area contributed by atoms with Crippen LogP contribution in [-0.4, -0.2) is 62.8 Å². The molecule has 0 N–H and O–H groups in total. The molecule has 0 saturated heterocycles. The van der Waals surface area contributed by atoms with Crippen molar-refractivity contribution in [1.82, 2.24) is 15.0 Å². The zero-order valence-corrected chi connectivity index (χ0v) is 34.5. The molecule has 0 aliphatic carbocycles. The van der Waals surface area contributed by atoms with Crippen LogP contribution in [0.15, 0.2) is 42.6 Å². The van der Waals surface area contributed by atoms with Crippen LogP contribution in [-0.2, 0) is 29.0 Å². The number of unbranched alkanes of at least 4 members (excludes halogenated alkanes) is 8. The number of hydrogen-bond acceptors (Lipinski definition) is 8. The van der Waals surface area contributed by atoms with Crippen LogP contribution >= 0.6 is 0 Å². The van der Waals surface area contributed by atoms with Crippen molar-refractivity contribution in [2.24, 2.45) is 5.92 Å². The molecule has 54 heavy (non-hydrogen) atoms. The van der Waals surface area contributed by atoms with Crippen molar-refractivity contribution in [3.05, 3.63) is 70.6 Å². The first kappa shape index (κ1) is 44.6. The number of methoxy groups -OCH3 is 3. The molecule has 1 aromatic heterocycles. The predicted molar refractivity (Wildman–Crippen MR) is 221 cm³/mol. The predicted octanol–water partition coefficient (Wildman–Crippen LogP) is 10.9. The number of allylic oxidation sites excluding steroid dienone is 2. The van der Waals surface area contributed by atoms with Crippen molar-refractivity contribution in [3.8, 4) is 23.0 Å². The standard InChI is InChI=1S/C45H69N3O6/c1-8-11-22-37(10-3)34-54-42-30-39(43(50-6)29-36(42)4)23-20-24-40-32-45(38(21-9-2)31-44(40)51-7)53-26-19-17-15-13-12-14-16-18-25-48-33-41(46-47-48)35-52-28-27-49-5/h9,20-21,23,29-33,37H,8,10-19,22,24-28,34-35H2,1-7H3/b21-9+,23-20+. The SMILES string of the molecule is C/C=C/c1cc(OC)c(C/C=C/c2cc(OCC(CC)CCCC)c(C)cc2OC)cc1OCCCCCCCCCCn1cc(COCCOC)nn1. The minimum Gasteiger partial charge on any atom is -0.496 e. The quantitative estimate of drug-likeness (QED) is 0.0623. The van der Waals surface area contributed by atoms with Gasteiger partial charge < -0.3 is 28.4 Å². The van der Waals surface area contributed by atoms with Crippen LogP contribution in [0.25, 0.3) is 12.2 Å². The van der Waals surface area contributed by atoms with Gasteiger partial charge >= 0.3 is 0 Å². The van der Waals surface area contributed by atoms with Gasteiger partial charge in [0.2, 0.25) is 0 Å². The Labute approximate surface area is 326 Å². The number of aryl methyl sites for hydroxylation is 2. The minimum absolute atomic E-state index is 0.478. The summed E-state index contributed by atoms with van der Waals surface area (Å²) in [6.45, 7) is 12.6. The third kappa shape index (κ3) is 16.3. The Morgan fingerprint density at radius 3 is 2.17 bits per heavy atom. The molecule has 3 aromatic rings. The van der Waals surface area contributed by atoms with Gasteiger partial charge in [-0.05, 0) is 75.3 Å². The minimum atomic E-state index is 0.478. The molecule has 0 saturated carbocycles. The van der Waals surface area contributed by atoms with Crippen LogP contribution in [0.4, 0.5) is 0 Å². The molecule has 300 valence electrons. The highest BCUT2D eigenvalue weighted by atomic mass is 16.5. The summed E-state index contributed by atoms with van der Waals surface area (Å²) in [5.74, 6) is 4.08. The van der Waals surface area contributed by atoms with E-state index in [1.165, 1.54) is 57.8 Å². The molecule has 0 radical (unpaired) electrons. The topological polar surface area (TPSA) is 86.1 Å². The van der Waals surface area contributed by atoms with Crippen LogP contribution in [0.1, 0.15) is 126 Å². The monoisotopic (exact) mass is 748 g/mol. The Morgan fingerprint density at radius 1 is 0.741 bits per heavy atom. The van der Waals surface area contributed by atoms with Gasteiger partial charge in [0.1, 0.15) is 28.7 Å². The second kappa shape index (κ2) is 26.9. The fraction of sp³-hybridized carbons (Fsp3) is 0.600. The summed E-state index contributed by atoms with van der Waals surface area (Å²) in [4.78, 5) is 0. The summed E-state index contributed by atoms with van der Waals surface area (Å²) in [6, 6.07) is 8.40. The molecule has 1 heterocycles. The van der Waals surface area contributed by atoms with Gasteiger partial charge in [0.25, 0.3) is 0 Å². The summed E-state index contributed by atoms with van der Waals surface area (Å²) < 4.78 is 36.8. The molecule has 2 aromatic carbocycles. The van der Waals surface area contributed by atoms with Crippen molar-refractivity contribution in [3.63, 3.8) is 0 Å². The number of benzene rings is 2. The van der Waals surface area contributed by atoms with Crippen molar-refractivity contribution in [2.45, 2.75) is 124 Å². The smallest absolute Gasteiger partial charge is 0.127 e. The van der Waals surface area contributed by atoms with Crippen LogP contribution < -0.4 is 18.9 Å². The lowest BCUT2D eigenvalue weighted by atomic mass is 10.0. The second-order valence-corrected chi connectivity index (χ2v) is 14.1. The highest BCUT2D eigenvalue weighted by Crippen LogP contribution is 2.33. The van der Waals surface area contributed by atoms with Gasteiger partial charge in [-0.3, -0.25) is 4.68 Å². The summed E-state index contributed by atoms with van der Waals surface area (Å²) in [7, 11) is 5.12.